The molecule has 0 bridgehead atoms. The lowest BCUT2D eigenvalue weighted by Gasteiger charge is -2.11. The van der Waals surface area contributed by atoms with Crippen LogP contribution in [-0.2, 0) is 9.53 Å². The summed E-state index contributed by atoms with van der Waals surface area (Å²) in [6, 6.07) is 10.7. The van der Waals surface area contributed by atoms with Gasteiger partial charge in [0.25, 0.3) is 0 Å². The molecule has 0 aliphatic heterocycles. The van der Waals surface area contributed by atoms with Crippen molar-refractivity contribution in [2.75, 3.05) is 7.11 Å². The van der Waals surface area contributed by atoms with Crippen LogP contribution in [0.4, 0.5) is 0 Å². The summed E-state index contributed by atoms with van der Waals surface area (Å²) >= 11 is 0. The van der Waals surface area contributed by atoms with Crippen LogP contribution in [0.15, 0.2) is 30.3 Å². The van der Waals surface area contributed by atoms with Crippen LogP contribution >= 0.6 is 0 Å². The van der Waals surface area contributed by atoms with Gasteiger partial charge in [-0.2, -0.15) is 0 Å². The third kappa shape index (κ3) is 7.32. The van der Waals surface area contributed by atoms with Gasteiger partial charge in [0.1, 0.15) is 0 Å². The van der Waals surface area contributed by atoms with Gasteiger partial charge in [-0.1, -0.05) is 69.4 Å². The Labute approximate surface area is 123 Å². The van der Waals surface area contributed by atoms with Gasteiger partial charge in [0, 0.05) is 6.42 Å². The Morgan fingerprint density at radius 3 is 2.25 bits per heavy atom. The number of carbonyl (C=O) groups is 1. The van der Waals surface area contributed by atoms with E-state index >= 15 is 0 Å². The molecular weight excluding hydrogens is 248 g/mol. The molecule has 0 aromatic heterocycles. The quantitative estimate of drug-likeness (QED) is 0.440. The van der Waals surface area contributed by atoms with Crippen molar-refractivity contribution in [2.24, 2.45) is 0 Å². The summed E-state index contributed by atoms with van der Waals surface area (Å²) in [6.07, 6.45) is 9.06. The van der Waals surface area contributed by atoms with Gasteiger partial charge in [-0.25, -0.2) is 0 Å². The van der Waals surface area contributed by atoms with Crippen LogP contribution in [0.1, 0.15) is 69.8 Å². The second kappa shape index (κ2) is 10.5. The normalized spacial score (nSPS) is 12.1. The third-order valence-electron chi connectivity index (χ3n) is 3.86. The van der Waals surface area contributed by atoms with E-state index in [1.807, 2.05) is 0 Å². The van der Waals surface area contributed by atoms with Gasteiger partial charge >= 0.3 is 5.97 Å². The first-order chi connectivity index (χ1) is 9.74. The molecule has 2 heteroatoms. The summed E-state index contributed by atoms with van der Waals surface area (Å²) in [6.45, 7) is 2.31. The van der Waals surface area contributed by atoms with Crippen molar-refractivity contribution in [1.82, 2.24) is 0 Å². The minimum atomic E-state index is -0.0818. The molecule has 112 valence electrons. The topological polar surface area (TPSA) is 26.3 Å². The lowest BCUT2D eigenvalue weighted by atomic mass is 9.95. The van der Waals surface area contributed by atoms with E-state index in [0.29, 0.717) is 12.3 Å². The van der Waals surface area contributed by atoms with Gasteiger partial charge in [-0.15, -0.1) is 0 Å². The summed E-state index contributed by atoms with van der Waals surface area (Å²) in [5.74, 6) is 0.581. The minimum absolute atomic E-state index is 0.0818. The highest BCUT2D eigenvalue weighted by molar-refractivity contribution is 5.68. The van der Waals surface area contributed by atoms with Gasteiger partial charge < -0.3 is 4.74 Å². The van der Waals surface area contributed by atoms with Crippen molar-refractivity contribution in [2.45, 2.75) is 64.2 Å². The van der Waals surface area contributed by atoms with Crippen LogP contribution in [0, 0.1) is 0 Å². The van der Waals surface area contributed by atoms with E-state index in [4.69, 9.17) is 0 Å². The summed E-state index contributed by atoms with van der Waals surface area (Å²) in [7, 11) is 1.45. The van der Waals surface area contributed by atoms with Gasteiger partial charge in [-0.05, 0) is 24.3 Å². The molecule has 20 heavy (non-hydrogen) atoms. The molecule has 0 amide bonds. The van der Waals surface area contributed by atoms with Gasteiger partial charge in [0.05, 0.1) is 7.11 Å². The maximum atomic E-state index is 10.9. The largest absolute Gasteiger partial charge is 0.469 e. The zero-order valence-electron chi connectivity index (χ0n) is 12.9. The molecule has 0 fully saturated rings. The number of benzene rings is 1. The fourth-order valence-corrected chi connectivity index (χ4v) is 2.48. The average molecular weight is 276 g/mol. The van der Waals surface area contributed by atoms with Gasteiger partial charge in [0.2, 0.25) is 0 Å². The Morgan fingerprint density at radius 2 is 1.60 bits per heavy atom. The standard InChI is InChI=1S/C18H28O2/c1-16(17-13-9-7-10-14-17)12-8-5-3-4-6-11-15-18(19)20-2/h7,9-10,13-14,16H,3-6,8,11-12,15H2,1-2H3. The fraction of sp³-hybridized carbons (Fsp3) is 0.611. The predicted octanol–water partition coefficient (Wildman–Crippen LogP) is 5.08. The Kier molecular flexibility index (Phi) is 8.77. The Bertz CT molecular complexity index is 359. The van der Waals surface area contributed by atoms with E-state index in [0.717, 1.165) is 12.8 Å². The lowest BCUT2D eigenvalue weighted by molar-refractivity contribution is -0.140. The first-order valence-electron chi connectivity index (χ1n) is 7.86. The fourth-order valence-electron chi connectivity index (χ4n) is 2.48. The van der Waals surface area contributed by atoms with E-state index in [-0.39, 0.29) is 5.97 Å². The van der Waals surface area contributed by atoms with E-state index in [2.05, 4.69) is 42.0 Å². The van der Waals surface area contributed by atoms with Crippen LogP contribution in [0.25, 0.3) is 0 Å². The van der Waals surface area contributed by atoms with Crippen LogP contribution in [0.5, 0.6) is 0 Å². The summed E-state index contributed by atoms with van der Waals surface area (Å²) in [5, 5.41) is 0. The van der Waals surface area contributed by atoms with E-state index in [9.17, 15) is 4.79 Å². The average Bonchev–Trinajstić information content (AvgIpc) is 2.50. The highest BCUT2D eigenvalue weighted by Crippen LogP contribution is 2.21. The first kappa shape index (κ1) is 16.7. The van der Waals surface area contributed by atoms with Crippen molar-refractivity contribution in [1.29, 1.82) is 0 Å². The van der Waals surface area contributed by atoms with Crippen LogP contribution in [0.2, 0.25) is 0 Å². The first-order valence-corrected chi connectivity index (χ1v) is 7.86. The molecule has 0 saturated carbocycles. The molecular formula is C18H28O2. The van der Waals surface area contributed by atoms with Crippen molar-refractivity contribution in [3.05, 3.63) is 35.9 Å². The molecule has 1 aromatic rings. The van der Waals surface area contributed by atoms with Gasteiger partial charge in [-0.3, -0.25) is 4.79 Å². The van der Waals surface area contributed by atoms with Crippen LogP contribution in [0.3, 0.4) is 0 Å². The Morgan fingerprint density at radius 1 is 1.00 bits per heavy atom. The highest BCUT2D eigenvalue weighted by atomic mass is 16.5. The molecule has 0 heterocycles. The van der Waals surface area contributed by atoms with Crippen LogP contribution in [-0.4, -0.2) is 13.1 Å². The number of ether oxygens (including phenoxy) is 1. The molecule has 1 atom stereocenters. The number of esters is 1. The number of unbranched alkanes of at least 4 members (excludes halogenated alkanes) is 5. The minimum Gasteiger partial charge on any atom is -0.469 e. The molecule has 0 radical (unpaired) electrons. The molecule has 0 aliphatic rings. The maximum absolute atomic E-state index is 10.9. The zero-order valence-corrected chi connectivity index (χ0v) is 12.9. The predicted molar refractivity (Wildman–Crippen MR) is 83.8 cm³/mol. The van der Waals surface area contributed by atoms with Gasteiger partial charge in [0.15, 0.2) is 0 Å². The number of rotatable bonds is 10. The van der Waals surface area contributed by atoms with Crippen molar-refractivity contribution in [3.8, 4) is 0 Å². The molecule has 0 spiro atoms. The lowest BCUT2D eigenvalue weighted by Crippen LogP contribution is -1.99. The molecule has 0 saturated heterocycles. The Hall–Kier alpha value is -1.31. The second-order valence-electron chi connectivity index (χ2n) is 5.55. The summed E-state index contributed by atoms with van der Waals surface area (Å²) < 4.78 is 4.62. The highest BCUT2D eigenvalue weighted by Gasteiger charge is 2.04. The molecule has 1 unspecified atom stereocenters. The molecule has 0 N–H and O–H groups in total. The zero-order chi connectivity index (χ0) is 14.6. The molecule has 1 aromatic carbocycles. The monoisotopic (exact) mass is 276 g/mol. The Balaban J connectivity index is 1.96. The smallest absolute Gasteiger partial charge is 0.305 e. The van der Waals surface area contributed by atoms with Crippen molar-refractivity contribution < 1.29 is 9.53 Å². The SMILES string of the molecule is COC(=O)CCCCCCCCC(C)c1ccccc1. The summed E-state index contributed by atoms with van der Waals surface area (Å²) in [5.41, 5.74) is 1.45. The number of hydrogen-bond acceptors (Lipinski definition) is 2. The van der Waals surface area contributed by atoms with E-state index in [1.165, 1.54) is 44.8 Å². The van der Waals surface area contributed by atoms with Crippen LogP contribution < -0.4 is 0 Å². The molecule has 0 aliphatic carbocycles. The number of hydrogen-bond donors (Lipinski definition) is 0. The maximum Gasteiger partial charge on any atom is 0.305 e. The third-order valence-corrected chi connectivity index (χ3v) is 3.86. The summed E-state index contributed by atoms with van der Waals surface area (Å²) in [4.78, 5) is 10.9. The second-order valence-corrected chi connectivity index (χ2v) is 5.55. The molecule has 1 rings (SSSR count). The number of methoxy groups -OCH3 is 1. The van der Waals surface area contributed by atoms with Crippen molar-refractivity contribution >= 4 is 5.97 Å². The van der Waals surface area contributed by atoms with E-state index in [1.54, 1.807) is 0 Å². The molecule has 2 nitrogen and oxygen atoms in total. The van der Waals surface area contributed by atoms with Crippen molar-refractivity contribution in [3.63, 3.8) is 0 Å². The van der Waals surface area contributed by atoms with E-state index < -0.39 is 0 Å². The number of carbonyl (C=O) groups excluding carboxylic acids is 1.